The molecule has 0 saturated heterocycles. The van der Waals surface area contributed by atoms with Crippen LogP contribution in [0.2, 0.25) is 0 Å². The van der Waals surface area contributed by atoms with Crippen LogP contribution in [0.3, 0.4) is 0 Å². The van der Waals surface area contributed by atoms with Crippen molar-refractivity contribution in [3.8, 4) is 5.75 Å². The molecule has 0 spiro atoms. The molecule has 5 nitrogen and oxygen atoms in total. The number of aromatic carboxylic acids is 2. The summed E-state index contributed by atoms with van der Waals surface area (Å²) < 4.78 is 5.08. The molecule has 2 aromatic rings. The first kappa shape index (κ1) is 14.6. The molecule has 5 heteroatoms. The number of ether oxygens (including phenoxy) is 1. The standard InChI is InChI=1S/C16H14O5/c1-21-14-9-11(4-7-13(14)16(19)20)8-10-2-5-12(6-3-10)15(17)18/h2-7,9H,8H2,1H3,(H,17,18)(H,19,20). The molecule has 0 unspecified atom stereocenters. The zero-order valence-electron chi connectivity index (χ0n) is 11.4. The van der Waals surface area contributed by atoms with Gasteiger partial charge >= 0.3 is 11.9 Å². The maximum Gasteiger partial charge on any atom is 0.339 e. The summed E-state index contributed by atoms with van der Waals surface area (Å²) in [6, 6.07) is 11.5. The largest absolute Gasteiger partial charge is 0.496 e. The van der Waals surface area contributed by atoms with Crippen molar-refractivity contribution in [1.29, 1.82) is 0 Å². The Morgan fingerprint density at radius 2 is 1.57 bits per heavy atom. The Hall–Kier alpha value is -2.82. The second kappa shape index (κ2) is 6.09. The molecule has 2 N–H and O–H groups in total. The van der Waals surface area contributed by atoms with Gasteiger partial charge in [-0.25, -0.2) is 9.59 Å². The first-order valence-electron chi connectivity index (χ1n) is 6.23. The van der Waals surface area contributed by atoms with E-state index in [0.717, 1.165) is 11.1 Å². The van der Waals surface area contributed by atoms with E-state index >= 15 is 0 Å². The van der Waals surface area contributed by atoms with E-state index in [0.29, 0.717) is 12.2 Å². The fourth-order valence-corrected chi connectivity index (χ4v) is 2.02. The van der Waals surface area contributed by atoms with Crippen molar-refractivity contribution < 1.29 is 24.5 Å². The van der Waals surface area contributed by atoms with Crippen molar-refractivity contribution in [3.05, 3.63) is 64.7 Å². The van der Waals surface area contributed by atoms with Crippen LogP contribution in [0.4, 0.5) is 0 Å². The van der Waals surface area contributed by atoms with Crippen LogP contribution in [0.1, 0.15) is 31.8 Å². The van der Waals surface area contributed by atoms with E-state index in [1.54, 1.807) is 36.4 Å². The molecular weight excluding hydrogens is 272 g/mol. The summed E-state index contributed by atoms with van der Waals surface area (Å²) in [6.45, 7) is 0. The molecule has 0 atom stereocenters. The highest BCUT2D eigenvalue weighted by atomic mass is 16.5. The first-order valence-corrected chi connectivity index (χ1v) is 6.23. The van der Waals surface area contributed by atoms with E-state index < -0.39 is 11.9 Å². The Morgan fingerprint density at radius 3 is 2.10 bits per heavy atom. The summed E-state index contributed by atoms with van der Waals surface area (Å²) in [5.74, 6) is -1.69. The molecule has 0 amide bonds. The van der Waals surface area contributed by atoms with Gasteiger partial charge < -0.3 is 14.9 Å². The van der Waals surface area contributed by atoms with Crippen LogP contribution in [0.5, 0.6) is 5.75 Å². The second-order valence-electron chi connectivity index (χ2n) is 4.52. The predicted molar refractivity (Wildman–Crippen MR) is 76.2 cm³/mol. The number of carboxylic acids is 2. The van der Waals surface area contributed by atoms with Crippen molar-refractivity contribution in [2.75, 3.05) is 7.11 Å². The number of benzene rings is 2. The van der Waals surface area contributed by atoms with E-state index in [1.165, 1.54) is 13.2 Å². The number of methoxy groups -OCH3 is 1. The Balaban J connectivity index is 2.23. The van der Waals surface area contributed by atoms with Crippen LogP contribution in [0.15, 0.2) is 42.5 Å². The number of carbonyl (C=O) groups is 2. The maximum atomic E-state index is 11.0. The lowest BCUT2D eigenvalue weighted by Crippen LogP contribution is -2.01. The van der Waals surface area contributed by atoms with Crippen molar-refractivity contribution >= 4 is 11.9 Å². The molecule has 108 valence electrons. The predicted octanol–water partition coefficient (Wildman–Crippen LogP) is 2.68. The van der Waals surface area contributed by atoms with Gasteiger partial charge in [0, 0.05) is 0 Å². The molecule has 0 radical (unpaired) electrons. The Labute approximate surface area is 121 Å². The maximum absolute atomic E-state index is 11.0. The van der Waals surface area contributed by atoms with Crippen molar-refractivity contribution in [1.82, 2.24) is 0 Å². The summed E-state index contributed by atoms with van der Waals surface area (Å²) in [4.78, 5) is 21.8. The number of carboxylic acid groups (broad SMARTS) is 2. The SMILES string of the molecule is COc1cc(Cc2ccc(C(=O)O)cc2)ccc1C(=O)O. The average Bonchev–Trinajstić information content (AvgIpc) is 2.47. The topological polar surface area (TPSA) is 83.8 Å². The number of hydrogen-bond acceptors (Lipinski definition) is 3. The van der Waals surface area contributed by atoms with Crippen LogP contribution >= 0.6 is 0 Å². The van der Waals surface area contributed by atoms with Gasteiger partial charge in [-0.3, -0.25) is 0 Å². The highest BCUT2D eigenvalue weighted by Gasteiger charge is 2.11. The normalized spacial score (nSPS) is 10.1. The molecule has 2 rings (SSSR count). The van der Waals surface area contributed by atoms with E-state index in [2.05, 4.69) is 0 Å². The number of rotatable bonds is 5. The van der Waals surface area contributed by atoms with Gasteiger partial charge in [0.2, 0.25) is 0 Å². The summed E-state index contributed by atoms with van der Waals surface area (Å²) in [7, 11) is 1.42. The Bertz CT molecular complexity index is 674. The van der Waals surface area contributed by atoms with E-state index in [1.807, 2.05) is 0 Å². The molecule has 0 aliphatic rings. The molecule has 2 aromatic carbocycles. The second-order valence-corrected chi connectivity index (χ2v) is 4.52. The van der Waals surface area contributed by atoms with E-state index in [4.69, 9.17) is 14.9 Å². The van der Waals surface area contributed by atoms with Gasteiger partial charge in [0.1, 0.15) is 11.3 Å². The summed E-state index contributed by atoms with van der Waals surface area (Å²) >= 11 is 0. The van der Waals surface area contributed by atoms with Gasteiger partial charge in [-0.15, -0.1) is 0 Å². The summed E-state index contributed by atoms with van der Waals surface area (Å²) in [5, 5.41) is 17.9. The zero-order valence-corrected chi connectivity index (χ0v) is 11.4. The fourth-order valence-electron chi connectivity index (χ4n) is 2.02. The van der Waals surface area contributed by atoms with Crippen molar-refractivity contribution in [2.45, 2.75) is 6.42 Å². The van der Waals surface area contributed by atoms with E-state index in [9.17, 15) is 9.59 Å². The molecule has 0 aromatic heterocycles. The number of hydrogen-bond donors (Lipinski definition) is 2. The Kier molecular flexibility index (Phi) is 4.23. The molecule has 0 saturated carbocycles. The summed E-state index contributed by atoms with van der Waals surface area (Å²) in [6.07, 6.45) is 0.566. The van der Waals surface area contributed by atoms with Gasteiger partial charge in [-0.2, -0.15) is 0 Å². The van der Waals surface area contributed by atoms with Gasteiger partial charge in [-0.1, -0.05) is 18.2 Å². The van der Waals surface area contributed by atoms with Crippen LogP contribution in [0.25, 0.3) is 0 Å². The minimum atomic E-state index is -1.04. The fraction of sp³-hybridized carbons (Fsp3) is 0.125. The quantitative estimate of drug-likeness (QED) is 0.882. The van der Waals surface area contributed by atoms with Gasteiger partial charge in [0.25, 0.3) is 0 Å². The smallest absolute Gasteiger partial charge is 0.339 e. The highest BCUT2D eigenvalue weighted by Crippen LogP contribution is 2.22. The molecule has 0 fully saturated rings. The minimum Gasteiger partial charge on any atom is -0.496 e. The Morgan fingerprint density at radius 1 is 0.952 bits per heavy atom. The van der Waals surface area contributed by atoms with Crippen LogP contribution < -0.4 is 4.74 Å². The highest BCUT2D eigenvalue weighted by molar-refractivity contribution is 5.91. The van der Waals surface area contributed by atoms with Crippen LogP contribution in [0, 0.1) is 0 Å². The van der Waals surface area contributed by atoms with Crippen LogP contribution in [-0.2, 0) is 6.42 Å². The third kappa shape index (κ3) is 3.39. The average molecular weight is 286 g/mol. The van der Waals surface area contributed by atoms with E-state index in [-0.39, 0.29) is 11.1 Å². The van der Waals surface area contributed by atoms with Crippen molar-refractivity contribution in [3.63, 3.8) is 0 Å². The van der Waals surface area contributed by atoms with Crippen molar-refractivity contribution in [2.24, 2.45) is 0 Å². The third-order valence-electron chi connectivity index (χ3n) is 3.11. The minimum absolute atomic E-state index is 0.113. The third-order valence-corrected chi connectivity index (χ3v) is 3.11. The van der Waals surface area contributed by atoms with Gasteiger partial charge in [-0.05, 0) is 41.8 Å². The molecule has 0 heterocycles. The molecule has 0 aliphatic heterocycles. The molecular formula is C16H14O5. The van der Waals surface area contributed by atoms with Gasteiger partial charge in [0.15, 0.2) is 0 Å². The molecule has 0 bridgehead atoms. The summed E-state index contributed by atoms with van der Waals surface area (Å²) in [5.41, 5.74) is 2.17. The van der Waals surface area contributed by atoms with Crippen LogP contribution in [-0.4, -0.2) is 29.3 Å². The lowest BCUT2D eigenvalue weighted by molar-refractivity contribution is 0.0684. The lowest BCUT2D eigenvalue weighted by Gasteiger charge is -2.08. The first-order chi connectivity index (χ1) is 10.0. The van der Waals surface area contributed by atoms with Gasteiger partial charge in [0.05, 0.1) is 12.7 Å². The lowest BCUT2D eigenvalue weighted by atomic mass is 10.0. The molecule has 21 heavy (non-hydrogen) atoms. The molecule has 0 aliphatic carbocycles. The zero-order chi connectivity index (χ0) is 15.4. The monoisotopic (exact) mass is 286 g/mol.